The van der Waals surface area contributed by atoms with E-state index in [0.717, 1.165) is 0 Å². The molecule has 2 aromatic heterocycles. The zero-order valence-electron chi connectivity index (χ0n) is 62.7. The van der Waals surface area contributed by atoms with Crippen molar-refractivity contribution in [2.45, 2.75) is 169 Å². The minimum atomic E-state index is -2.40. The number of anilines is 2. The molecular formula is C68H103N13O34S. The van der Waals surface area contributed by atoms with Crippen LogP contribution in [0.15, 0.2) is 35.3 Å². The molecule has 5 amide bonds. The van der Waals surface area contributed by atoms with Crippen LogP contribution >= 0.6 is 12.6 Å². The van der Waals surface area contributed by atoms with E-state index in [4.69, 9.17) is 10.8 Å². The van der Waals surface area contributed by atoms with E-state index in [2.05, 4.69) is 48.5 Å². The van der Waals surface area contributed by atoms with Gasteiger partial charge in [-0.2, -0.15) is 17.6 Å². The Bertz CT molecular complexity index is 3840. The number of nitrogen functional groups attached to an aromatic ring is 1. The van der Waals surface area contributed by atoms with E-state index >= 15 is 0 Å². The molecule has 20 atom stereocenters. The highest BCUT2D eigenvalue weighted by atomic mass is 32.1. The van der Waals surface area contributed by atoms with Gasteiger partial charge in [-0.3, -0.25) is 67.4 Å². The van der Waals surface area contributed by atoms with Crippen LogP contribution in [0.1, 0.15) is 80.8 Å². The van der Waals surface area contributed by atoms with Crippen LogP contribution in [0.3, 0.4) is 0 Å². The van der Waals surface area contributed by atoms with Crippen molar-refractivity contribution >= 4 is 112 Å². The van der Waals surface area contributed by atoms with Gasteiger partial charge in [0, 0.05) is 81.8 Å². The highest BCUT2D eigenvalue weighted by Crippen LogP contribution is 2.25. The summed E-state index contributed by atoms with van der Waals surface area (Å²) in [7, 11) is 1.88. The van der Waals surface area contributed by atoms with Gasteiger partial charge in [-0.1, -0.05) is 6.92 Å². The summed E-state index contributed by atoms with van der Waals surface area (Å²) >= 11 is 3.79. The Morgan fingerprint density at radius 3 is 1.34 bits per heavy atom. The van der Waals surface area contributed by atoms with Crippen LogP contribution in [0.5, 0.6) is 0 Å². The summed E-state index contributed by atoms with van der Waals surface area (Å²) in [6, 6.07) is -1.85. The molecule has 29 N–H and O–H groups in total. The summed E-state index contributed by atoms with van der Waals surface area (Å²) in [4.78, 5) is 197. The SMILES string of the molecule is CCCNC(=O)[C@@H](CC(=O)[C@H](CC(=O)O)NC(=O)[C@@H](CC(=O)CC[C@H](NC(=O)c1ccc(NCc2cnc3nc(N)[nH]c(=O)c3n2)cc1)C(=O)O)[C@@H](O)[C@H](O)[C@H](O)CO)[C@@H](O)[C@H](O)[C@H](O)CO.CN1CCN(CC(=O)C[C@H](C(=O)N[C@@H](CC(=O)O)C(=O)C[C@H](C(=O)N[C@H](CS)C(=O)O)[C@@H](O)[C@H](O)[C@H](O)CO)[C@@H](O)[C@H](O)[C@H](O)CO)CC1. The number of amides is 5. The molecule has 0 radical (unpaired) electrons. The van der Waals surface area contributed by atoms with Gasteiger partial charge in [0.2, 0.25) is 29.6 Å². The number of fused-ring (bicyclic) bond motifs is 1. The molecule has 1 saturated heterocycles. The van der Waals surface area contributed by atoms with Crippen molar-refractivity contribution in [1.82, 2.24) is 56.3 Å². The number of aromatic nitrogens is 4. The van der Waals surface area contributed by atoms with Crippen molar-refractivity contribution in [3.63, 3.8) is 0 Å². The number of nitrogens with zero attached hydrogens (tertiary/aromatic N) is 5. The Kier molecular flexibility index (Phi) is 43.1. The molecule has 0 saturated carbocycles. The van der Waals surface area contributed by atoms with Crippen LogP contribution in [-0.4, -0.2) is 384 Å². The first kappa shape index (κ1) is 101. The molecule has 47 nitrogen and oxygen atoms in total. The minimum absolute atomic E-state index is 0.00748. The Morgan fingerprint density at radius 1 is 0.526 bits per heavy atom. The van der Waals surface area contributed by atoms with Crippen molar-refractivity contribution in [3.05, 3.63) is 52.1 Å². The number of aliphatic hydroxyl groups is 16. The van der Waals surface area contributed by atoms with Gasteiger partial charge in [0.1, 0.15) is 72.5 Å². The van der Waals surface area contributed by atoms with E-state index in [1.165, 1.54) is 30.5 Å². The number of aromatic amines is 1. The van der Waals surface area contributed by atoms with Gasteiger partial charge in [0.25, 0.3) is 11.5 Å². The predicted octanol–water partition coefficient (Wildman–Crippen LogP) is -12.3. The summed E-state index contributed by atoms with van der Waals surface area (Å²) in [5.41, 5.74) is 5.76. The monoisotopic (exact) mass is 1680 g/mol. The molecule has 0 bridgehead atoms. The summed E-state index contributed by atoms with van der Waals surface area (Å²) in [5, 5.41) is 213. The van der Waals surface area contributed by atoms with E-state index in [9.17, 15) is 164 Å². The molecule has 1 aliphatic rings. The smallest absolute Gasteiger partial charge is 0.327 e. The number of carboxylic acids is 4. The number of nitrogens with one attached hydrogen (secondary N) is 7. The molecule has 1 fully saturated rings. The van der Waals surface area contributed by atoms with Gasteiger partial charge in [0.05, 0.1) is 124 Å². The number of thiol groups is 1. The van der Waals surface area contributed by atoms with Gasteiger partial charge in [-0.15, -0.1) is 0 Å². The number of Topliss-reactive ketones (excluding diaryl/α,β-unsaturated/α-hetero) is 4. The molecule has 1 aliphatic heterocycles. The normalized spacial score (nSPS) is 17.8. The second kappa shape index (κ2) is 49.6. The Hall–Kier alpha value is -9.42. The summed E-state index contributed by atoms with van der Waals surface area (Å²) in [6.45, 7) is -0.552. The highest BCUT2D eigenvalue weighted by Gasteiger charge is 2.45. The molecule has 0 spiro atoms. The van der Waals surface area contributed by atoms with Crippen molar-refractivity contribution in [2.75, 3.05) is 89.5 Å². The maximum Gasteiger partial charge on any atom is 0.327 e. The van der Waals surface area contributed by atoms with Gasteiger partial charge in [-0.05, 0) is 44.2 Å². The standard InChI is InChI=1S/C40H55N9O18.C28H48N4O16S/c1-2-9-42-36(63)22(31(59)33(61)27(55)16-51)11-25(53)24(12-28(56)57)47-37(64)21(30(58)32(60)26(54)15-50)10-20(52)7-8-23(39(66)67)46-35(62)17-3-5-18(6-4-17)43-13-19-14-44-34-29(45-19)38(65)49-40(41)48-34;1-31-2-4-32(5-3-31)9-13(35)6-14(22(41)24(43)19(37)10-33)26(45)29-16(8-21(39)40)18(36)7-15(23(42)25(44)20(38)11-34)27(46)30-17(12-49)28(47)48/h3-6,14,21-24,26-27,30-33,43,50-51,54-55,58-61H,2,7-13,15-16H2,1H3,(H,42,63)(H,46,62)(H,47,64)(H,56,57)(H,66,67)(H3,41,44,48,49,65);14-17,19-20,22-25,33-34,37-38,41-44,49H,2-12H2,1H3,(H,29,45)(H,30,46)(H,39,40)(H,47,48)/t21-,22-,23-,24-,26+,27+,30+,31+,32+,33+;14-,15-,16-,17+,19+,20+,22+,23+,24+,25+/m00/s1. The van der Waals surface area contributed by atoms with Gasteiger partial charge in [0.15, 0.2) is 22.7 Å². The molecule has 0 unspecified atom stereocenters. The summed E-state index contributed by atoms with van der Waals surface area (Å²) < 4.78 is 0. The average Bonchev–Trinajstić information content (AvgIpc) is 0.803. The Morgan fingerprint density at radius 2 is 0.940 bits per heavy atom. The van der Waals surface area contributed by atoms with Crippen LogP contribution in [0.4, 0.5) is 11.6 Å². The number of aliphatic hydroxyl groups excluding tert-OH is 16. The number of hydrogen-bond donors (Lipinski definition) is 29. The third kappa shape index (κ3) is 31.9. The number of carboxylic acid groups (broad SMARTS) is 4. The fourth-order valence-electron chi connectivity index (χ4n) is 11.4. The molecule has 1 aromatic carbocycles. The lowest BCUT2D eigenvalue weighted by atomic mass is 9.86. The quantitative estimate of drug-likeness (QED) is 0.0233. The highest BCUT2D eigenvalue weighted by molar-refractivity contribution is 7.80. The number of likely N-dealkylation sites (N-methyl/N-ethyl adjacent to an activating group) is 1. The van der Waals surface area contributed by atoms with Gasteiger partial charge < -0.3 is 145 Å². The number of H-pyrrole nitrogens is 1. The number of nitrogens with two attached hydrogens (primary N) is 1. The first-order valence-electron chi connectivity index (χ1n) is 35.9. The fourth-order valence-corrected chi connectivity index (χ4v) is 11.7. The minimum Gasteiger partial charge on any atom is -0.481 e. The number of aliphatic carboxylic acids is 4. The van der Waals surface area contributed by atoms with Crippen LogP contribution in [0.2, 0.25) is 0 Å². The van der Waals surface area contributed by atoms with E-state index in [0.29, 0.717) is 44.0 Å². The molecule has 48 heteroatoms. The average molecular weight is 1680 g/mol. The topological polar surface area (TPSA) is 803 Å². The van der Waals surface area contributed by atoms with Crippen LogP contribution < -0.4 is 43.2 Å². The third-order valence-corrected chi connectivity index (χ3v) is 18.8. The van der Waals surface area contributed by atoms with Crippen molar-refractivity contribution in [3.8, 4) is 0 Å². The first-order chi connectivity index (χ1) is 54.5. The largest absolute Gasteiger partial charge is 0.481 e. The maximum atomic E-state index is 13.7. The number of carbonyl (C=O) groups is 13. The van der Waals surface area contributed by atoms with Crippen LogP contribution in [0.25, 0.3) is 11.2 Å². The molecule has 650 valence electrons. The number of rotatable bonds is 52. The van der Waals surface area contributed by atoms with Crippen molar-refractivity contribution < 1.29 is 164 Å². The maximum absolute atomic E-state index is 13.7. The van der Waals surface area contributed by atoms with Crippen molar-refractivity contribution in [1.29, 1.82) is 0 Å². The second-order valence-corrected chi connectivity index (χ2v) is 27.6. The van der Waals surface area contributed by atoms with Gasteiger partial charge in [-0.25, -0.2) is 19.6 Å². The number of hydrogen-bond acceptors (Lipinski definition) is 38. The van der Waals surface area contributed by atoms with E-state index in [-0.39, 0.29) is 42.3 Å². The molecule has 3 aromatic rings. The Balaban J connectivity index is 0.000000631. The molecule has 0 aliphatic carbocycles. The van der Waals surface area contributed by atoms with E-state index < -0.39 is 287 Å². The zero-order chi connectivity index (χ0) is 87.7. The molecule has 116 heavy (non-hydrogen) atoms. The van der Waals surface area contributed by atoms with Crippen LogP contribution in [0, 0.1) is 23.7 Å². The first-order valence-corrected chi connectivity index (χ1v) is 36.6. The van der Waals surface area contributed by atoms with Gasteiger partial charge >= 0.3 is 23.9 Å². The summed E-state index contributed by atoms with van der Waals surface area (Å²) in [5.74, 6) is -25.3. The molecule has 3 heterocycles. The lowest BCUT2D eigenvalue weighted by molar-refractivity contribution is -0.149. The predicted molar refractivity (Wildman–Crippen MR) is 396 cm³/mol. The zero-order valence-corrected chi connectivity index (χ0v) is 63.6. The summed E-state index contributed by atoms with van der Waals surface area (Å²) in [6.07, 6.45) is -32.2. The van der Waals surface area contributed by atoms with E-state index in [1.54, 1.807) is 11.8 Å². The number of piperazine rings is 1. The molecule has 4 rings (SSSR count). The lowest BCUT2D eigenvalue weighted by Crippen LogP contribution is -2.55. The number of carbonyl (C=O) groups excluding carboxylic acids is 9. The number of ketones is 4. The number of benzene rings is 1. The van der Waals surface area contributed by atoms with Crippen molar-refractivity contribution in [2.24, 2.45) is 23.7 Å². The third-order valence-electron chi connectivity index (χ3n) is 18.4. The fraction of sp³-hybridized carbons (Fsp3) is 0.632. The lowest BCUT2D eigenvalue weighted by Gasteiger charge is -2.33. The van der Waals surface area contributed by atoms with E-state index in [1.807, 2.05) is 27.9 Å². The Labute approximate surface area is 664 Å². The molecular weight excluding hydrogens is 1570 g/mol. The second-order valence-electron chi connectivity index (χ2n) is 27.3. The van der Waals surface area contributed by atoms with Crippen LogP contribution in [-0.2, 0) is 64.1 Å².